The minimum Gasteiger partial charge on any atom is -0.444 e. The molecular formula is C34H40ClN3O3. The molecule has 5 rings (SSSR count). The van der Waals surface area contributed by atoms with E-state index in [2.05, 4.69) is 15.2 Å². The van der Waals surface area contributed by atoms with E-state index in [1.54, 1.807) is 6.20 Å². The molecule has 6 nitrogen and oxygen atoms in total. The normalized spacial score (nSPS) is 19.7. The van der Waals surface area contributed by atoms with E-state index in [0.717, 1.165) is 48.9 Å². The summed E-state index contributed by atoms with van der Waals surface area (Å²) in [5.41, 5.74) is 3.02. The lowest BCUT2D eigenvalue weighted by Crippen LogP contribution is -2.45. The highest BCUT2D eigenvalue weighted by molar-refractivity contribution is 6.30. The number of ether oxygens (including phenoxy) is 1. The molecule has 0 aliphatic heterocycles. The number of benzene rings is 2. The molecule has 0 saturated heterocycles. The van der Waals surface area contributed by atoms with Gasteiger partial charge in [0.25, 0.3) is 5.91 Å². The van der Waals surface area contributed by atoms with Gasteiger partial charge in [0.05, 0.1) is 11.6 Å². The van der Waals surface area contributed by atoms with Crippen LogP contribution in [0, 0.1) is 11.8 Å². The Bertz CT molecular complexity index is 1340. The van der Waals surface area contributed by atoms with E-state index in [1.165, 1.54) is 12.8 Å². The summed E-state index contributed by atoms with van der Waals surface area (Å²) in [4.78, 5) is 33.3. The third-order valence-corrected chi connectivity index (χ3v) is 8.27. The van der Waals surface area contributed by atoms with E-state index in [4.69, 9.17) is 16.3 Å². The topological polar surface area (TPSA) is 71.5 Å². The second-order valence-electron chi connectivity index (χ2n) is 12.5. The molecule has 3 aromatic rings. The zero-order valence-corrected chi connectivity index (χ0v) is 24.9. The summed E-state index contributed by atoms with van der Waals surface area (Å²) in [7, 11) is 0. The van der Waals surface area contributed by atoms with E-state index < -0.39 is 11.7 Å². The van der Waals surface area contributed by atoms with Gasteiger partial charge in [-0.15, -0.1) is 0 Å². The molecule has 2 aromatic carbocycles. The van der Waals surface area contributed by atoms with Gasteiger partial charge >= 0.3 is 6.09 Å². The number of nitrogens with one attached hydrogen (secondary N) is 1. The van der Waals surface area contributed by atoms with Crippen LogP contribution < -0.4 is 5.32 Å². The Morgan fingerprint density at radius 2 is 1.68 bits per heavy atom. The standard InChI is InChI=1S/C34H40ClN3O3/c1-34(2,3)41-33(40)37-31(26-10-7-11-29(35)19-26)25-14-16-30(17-15-25)38(22-23-12-13-23)32(39)28-18-27(20-36-21-28)24-8-5-4-6-9-24/h4-11,18-21,23,25,30-31H,12-17,22H2,1-3H3,(H,37,40). The van der Waals surface area contributed by atoms with Crippen molar-refractivity contribution in [2.45, 2.75) is 77.0 Å². The molecular weight excluding hydrogens is 534 g/mol. The number of carbonyl (C=O) groups is 2. The minimum absolute atomic E-state index is 0.0592. The summed E-state index contributed by atoms with van der Waals surface area (Å²) in [6, 6.07) is 19.6. The Hall–Kier alpha value is -3.38. The smallest absolute Gasteiger partial charge is 0.408 e. The monoisotopic (exact) mass is 573 g/mol. The summed E-state index contributed by atoms with van der Waals surface area (Å²) in [5, 5.41) is 3.77. The SMILES string of the molecule is CC(C)(C)OC(=O)NC(c1cccc(Cl)c1)C1CCC(N(CC2CC2)C(=O)c2cncc(-c3ccccc3)c2)CC1. The Morgan fingerprint density at radius 1 is 0.951 bits per heavy atom. The number of alkyl carbamates (subject to hydrolysis) is 1. The van der Waals surface area contributed by atoms with Gasteiger partial charge in [0.2, 0.25) is 0 Å². The number of carbonyl (C=O) groups excluding carboxylic acids is 2. The van der Waals surface area contributed by atoms with Gasteiger partial charge in [-0.25, -0.2) is 4.79 Å². The van der Waals surface area contributed by atoms with Gasteiger partial charge in [0.1, 0.15) is 5.60 Å². The molecule has 1 atom stereocenters. The number of nitrogens with zero attached hydrogens (tertiary/aromatic N) is 2. The quantitative estimate of drug-likeness (QED) is 0.296. The van der Waals surface area contributed by atoms with E-state index in [0.29, 0.717) is 16.5 Å². The van der Waals surface area contributed by atoms with Gasteiger partial charge in [-0.2, -0.15) is 0 Å². The Morgan fingerprint density at radius 3 is 2.34 bits per heavy atom. The van der Waals surface area contributed by atoms with Crippen molar-refractivity contribution < 1.29 is 14.3 Å². The first-order valence-corrected chi connectivity index (χ1v) is 15.1. The van der Waals surface area contributed by atoms with Crippen LogP contribution in [-0.4, -0.2) is 40.1 Å². The highest BCUT2D eigenvalue weighted by Gasteiger charge is 2.37. The molecule has 0 radical (unpaired) electrons. The van der Waals surface area contributed by atoms with Gasteiger partial charge in [-0.3, -0.25) is 9.78 Å². The first-order valence-electron chi connectivity index (χ1n) is 14.7. The second kappa shape index (κ2) is 12.6. The minimum atomic E-state index is -0.586. The molecule has 0 spiro atoms. The number of halogens is 1. The fraction of sp³-hybridized carbons (Fsp3) is 0.441. The van der Waals surface area contributed by atoms with Crippen LogP contribution in [0.1, 0.15) is 81.3 Å². The van der Waals surface area contributed by atoms with Crippen LogP contribution in [0.25, 0.3) is 11.1 Å². The Balaban J connectivity index is 1.31. The second-order valence-corrected chi connectivity index (χ2v) is 12.9. The largest absolute Gasteiger partial charge is 0.444 e. The summed E-state index contributed by atoms with van der Waals surface area (Å²) >= 11 is 6.34. The number of amides is 2. The van der Waals surface area contributed by atoms with Crippen molar-refractivity contribution >= 4 is 23.6 Å². The molecule has 1 heterocycles. The number of hydrogen-bond acceptors (Lipinski definition) is 4. The maximum atomic E-state index is 13.9. The maximum Gasteiger partial charge on any atom is 0.408 e. The fourth-order valence-corrected chi connectivity index (χ4v) is 6.04. The van der Waals surface area contributed by atoms with E-state index >= 15 is 0 Å². The van der Waals surface area contributed by atoms with E-state index in [1.807, 2.05) is 87.6 Å². The lowest BCUT2D eigenvalue weighted by atomic mass is 9.78. The molecule has 1 N–H and O–H groups in total. The van der Waals surface area contributed by atoms with Crippen LogP contribution in [0.5, 0.6) is 0 Å². The van der Waals surface area contributed by atoms with Gasteiger partial charge in [-0.1, -0.05) is 54.1 Å². The van der Waals surface area contributed by atoms with Gasteiger partial charge in [0, 0.05) is 35.6 Å². The van der Waals surface area contributed by atoms with Crippen molar-refractivity contribution in [1.29, 1.82) is 0 Å². The zero-order valence-electron chi connectivity index (χ0n) is 24.2. The third kappa shape index (κ3) is 7.88. The van der Waals surface area contributed by atoms with Gasteiger partial charge < -0.3 is 15.0 Å². The van der Waals surface area contributed by atoms with Crippen LogP contribution in [0.2, 0.25) is 5.02 Å². The summed E-state index contributed by atoms with van der Waals surface area (Å²) in [6.07, 6.45) is 8.96. The average Bonchev–Trinajstić information content (AvgIpc) is 3.78. The van der Waals surface area contributed by atoms with Crippen molar-refractivity contribution in [1.82, 2.24) is 15.2 Å². The molecule has 2 aliphatic carbocycles. The molecule has 2 aliphatic rings. The molecule has 2 fully saturated rings. The van der Waals surface area contributed by atoms with Crippen LogP contribution in [-0.2, 0) is 4.74 Å². The molecule has 1 unspecified atom stereocenters. The fourth-order valence-electron chi connectivity index (χ4n) is 5.84. The molecule has 1 aromatic heterocycles. The molecule has 2 amide bonds. The summed E-state index contributed by atoms with van der Waals surface area (Å²) in [6.45, 7) is 6.38. The van der Waals surface area contributed by atoms with Crippen molar-refractivity contribution in [2.24, 2.45) is 11.8 Å². The lowest BCUT2D eigenvalue weighted by Gasteiger charge is -2.40. The Kier molecular flexibility index (Phi) is 8.98. The molecule has 2 saturated carbocycles. The third-order valence-electron chi connectivity index (χ3n) is 8.04. The average molecular weight is 574 g/mol. The predicted octanol–water partition coefficient (Wildman–Crippen LogP) is 8.08. The van der Waals surface area contributed by atoms with E-state index in [9.17, 15) is 9.59 Å². The van der Waals surface area contributed by atoms with Crippen LogP contribution >= 0.6 is 11.6 Å². The lowest BCUT2D eigenvalue weighted by molar-refractivity contribution is 0.0453. The van der Waals surface area contributed by atoms with Gasteiger partial charge in [-0.05, 0) is 100 Å². The zero-order chi connectivity index (χ0) is 29.0. The highest BCUT2D eigenvalue weighted by Crippen LogP contribution is 2.39. The van der Waals surface area contributed by atoms with Crippen LogP contribution in [0.4, 0.5) is 4.79 Å². The maximum absolute atomic E-state index is 13.9. The van der Waals surface area contributed by atoms with Crippen LogP contribution in [0.3, 0.4) is 0 Å². The Labute approximate surface area is 248 Å². The first-order chi connectivity index (χ1) is 19.7. The summed E-state index contributed by atoms with van der Waals surface area (Å²) < 4.78 is 5.60. The van der Waals surface area contributed by atoms with Crippen molar-refractivity contribution in [2.75, 3.05) is 6.54 Å². The molecule has 216 valence electrons. The molecule has 41 heavy (non-hydrogen) atoms. The van der Waals surface area contributed by atoms with Crippen molar-refractivity contribution in [3.05, 3.63) is 89.2 Å². The molecule has 7 heteroatoms. The number of hydrogen-bond donors (Lipinski definition) is 1. The predicted molar refractivity (Wildman–Crippen MR) is 163 cm³/mol. The highest BCUT2D eigenvalue weighted by atomic mass is 35.5. The van der Waals surface area contributed by atoms with Gasteiger partial charge in [0.15, 0.2) is 0 Å². The molecule has 0 bridgehead atoms. The summed E-state index contributed by atoms with van der Waals surface area (Å²) in [5.74, 6) is 0.845. The number of aromatic nitrogens is 1. The first kappa shape index (κ1) is 29.1. The van der Waals surface area contributed by atoms with Crippen molar-refractivity contribution in [3.63, 3.8) is 0 Å². The van der Waals surface area contributed by atoms with E-state index in [-0.39, 0.29) is 23.9 Å². The number of rotatable bonds is 8. The van der Waals surface area contributed by atoms with Crippen LogP contribution in [0.15, 0.2) is 73.1 Å². The van der Waals surface area contributed by atoms with Crippen molar-refractivity contribution in [3.8, 4) is 11.1 Å². The number of pyridine rings is 1.